The van der Waals surface area contributed by atoms with Gasteiger partial charge in [0, 0.05) is 11.4 Å². The van der Waals surface area contributed by atoms with Crippen molar-refractivity contribution in [1.29, 1.82) is 0 Å². The van der Waals surface area contributed by atoms with E-state index in [-0.39, 0.29) is 0 Å². The van der Waals surface area contributed by atoms with Crippen LogP contribution in [0.4, 0.5) is 0 Å². The van der Waals surface area contributed by atoms with Gasteiger partial charge >= 0.3 is 0 Å². The molecule has 0 amide bonds. The predicted molar refractivity (Wildman–Crippen MR) is 76.0 cm³/mol. The Balaban J connectivity index is 1.76. The maximum atomic E-state index is 4.53. The van der Waals surface area contributed by atoms with Gasteiger partial charge in [-0.05, 0) is 49.6 Å². The minimum absolute atomic E-state index is 0.983. The summed E-state index contributed by atoms with van der Waals surface area (Å²) in [7, 11) is 0. The predicted octanol–water partition coefficient (Wildman–Crippen LogP) is 3.78. The Bertz CT molecular complexity index is 673. The van der Waals surface area contributed by atoms with E-state index in [2.05, 4.69) is 40.3 Å². The van der Waals surface area contributed by atoms with Crippen LogP contribution in [0.3, 0.4) is 0 Å². The van der Waals surface area contributed by atoms with Crippen LogP contribution in [-0.4, -0.2) is 9.97 Å². The maximum absolute atomic E-state index is 4.53. The van der Waals surface area contributed by atoms with Gasteiger partial charge in [0.25, 0.3) is 0 Å². The van der Waals surface area contributed by atoms with E-state index in [1.54, 1.807) is 11.3 Å². The van der Waals surface area contributed by atoms with Crippen molar-refractivity contribution in [2.24, 2.45) is 0 Å². The van der Waals surface area contributed by atoms with Crippen LogP contribution >= 0.6 is 11.3 Å². The summed E-state index contributed by atoms with van der Waals surface area (Å²) in [5.74, 6) is 0. The molecule has 0 radical (unpaired) electrons. The highest BCUT2D eigenvalue weighted by molar-refractivity contribution is 7.16. The molecule has 0 fully saturated rings. The smallest absolute Gasteiger partial charge is 0.0814 e. The minimum Gasteiger partial charge on any atom is -0.258 e. The van der Waals surface area contributed by atoms with Crippen molar-refractivity contribution in [3.05, 3.63) is 58.9 Å². The first-order valence-corrected chi connectivity index (χ1v) is 6.94. The lowest BCUT2D eigenvalue weighted by Gasteiger charge is -2.02. The molecule has 2 heterocycles. The molecule has 3 rings (SSSR count). The normalized spacial score (nSPS) is 10.9. The molecule has 0 N–H and O–H groups in total. The lowest BCUT2D eigenvalue weighted by molar-refractivity contribution is 0.904. The van der Waals surface area contributed by atoms with Crippen molar-refractivity contribution in [1.82, 2.24) is 9.97 Å². The lowest BCUT2D eigenvalue weighted by atomic mass is 10.1. The minimum atomic E-state index is 0.983. The van der Waals surface area contributed by atoms with Gasteiger partial charge in [0.2, 0.25) is 0 Å². The summed E-state index contributed by atoms with van der Waals surface area (Å²) in [4.78, 5) is 8.88. The van der Waals surface area contributed by atoms with E-state index in [1.165, 1.54) is 10.3 Å². The summed E-state index contributed by atoms with van der Waals surface area (Å²) >= 11 is 1.69. The summed E-state index contributed by atoms with van der Waals surface area (Å²) in [6.45, 7) is 2.03. The molecule has 1 aromatic carbocycles. The number of benzene rings is 1. The molecule has 3 aromatic rings. The molecule has 18 heavy (non-hydrogen) atoms. The maximum Gasteiger partial charge on any atom is 0.0814 e. The Kier molecular flexibility index (Phi) is 3.07. The fraction of sp³-hybridized carbons (Fsp3) is 0.200. The summed E-state index contributed by atoms with van der Waals surface area (Å²) in [5, 5.41) is 0. The molecule has 0 unspecified atom stereocenters. The highest BCUT2D eigenvalue weighted by atomic mass is 32.1. The van der Waals surface area contributed by atoms with E-state index >= 15 is 0 Å². The average molecular weight is 254 g/mol. The number of thiazole rings is 1. The Morgan fingerprint density at radius 2 is 2.06 bits per heavy atom. The number of aryl methyl sites for hydroxylation is 3. The number of hydrogen-bond acceptors (Lipinski definition) is 3. The highest BCUT2D eigenvalue weighted by Gasteiger charge is 2.01. The number of aromatic nitrogens is 2. The molecule has 0 aliphatic heterocycles. The van der Waals surface area contributed by atoms with Crippen molar-refractivity contribution in [3.8, 4) is 0 Å². The van der Waals surface area contributed by atoms with Gasteiger partial charge in [-0.15, -0.1) is 11.3 Å². The van der Waals surface area contributed by atoms with Crippen LogP contribution in [-0.2, 0) is 12.8 Å². The third kappa shape index (κ3) is 2.41. The van der Waals surface area contributed by atoms with Crippen LogP contribution in [0.2, 0.25) is 0 Å². The van der Waals surface area contributed by atoms with Crippen LogP contribution < -0.4 is 0 Å². The van der Waals surface area contributed by atoms with Crippen LogP contribution in [0.1, 0.15) is 17.0 Å². The zero-order chi connectivity index (χ0) is 12.4. The molecule has 2 aromatic heterocycles. The molecule has 3 heteroatoms. The molecule has 0 bridgehead atoms. The standard InChI is InChI=1S/C15H14N2S/c1-11-3-2-4-13(17-11)7-5-12-6-8-15-14(9-12)16-10-18-15/h2-4,6,8-10H,5,7H2,1H3. The van der Waals surface area contributed by atoms with Crippen LogP contribution in [0.25, 0.3) is 10.2 Å². The Morgan fingerprint density at radius 3 is 2.94 bits per heavy atom. The molecule has 2 nitrogen and oxygen atoms in total. The molecule has 0 saturated heterocycles. The third-order valence-electron chi connectivity index (χ3n) is 3.01. The first kappa shape index (κ1) is 11.4. The average Bonchev–Trinajstić information content (AvgIpc) is 2.84. The Hall–Kier alpha value is -1.74. The van der Waals surface area contributed by atoms with Crippen LogP contribution in [0.15, 0.2) is 41.9 Å². The number of nitrogens with zero attached hydrogens (tertiary/aromatic N) is 2. The van der Waals surface area contributed by atoms with Crippen molar-refractivity contribution < 1.29 is 0 Å². The van der Waals surface area contributed by atoms with E-state index in [4.69, 9.17) is 0 Å². The number of pyridine rings is 1. The zero-order valence-electron chi connectivity index (χ0n) is 10.3. The Labute approximate surface area is 110 Å². The second-order valence-electron chi connectivity index (χ2n) is 4.42. The van der Waals surface area contributed by atoms with Gasteiger partial charge in [-0.3, -0.25) is 4.98 Å². The van der Waals surface area contributed by atoms with Crippen LogP contribution in [0.5, 0.6) is 0 Å². The van der Waals surface area contributed by atoms with Gasteiger partial charge in [-0.1, -0.05) is 12.1 Å². The van der Waals surface area contributed by atoms with Gasteiger partial charge in [0.05, 0.1) is 15.7 Å². The molecule has 0 aliphatic carbocycles. The zero-order valence-corrected chi connectivity index (χ0v) is 11.1. The SMILES string of the molecule is Cc1cccc(CCc2ccc3scnc3c2)n1. The number of hydrogen-bond donors (Lipinski definition) is 0. The molecule has 0 spiro atoms. The third-order valence-corrected chi connectivity index (χ3v) is 3.82. The second-order valence-corrected chi connectivity index (χ2v) is 5.31. The van der Waals surface area contributed by atoms with E-state index < -0.39 is 0 Å². The van der Waals surface area contributed by atoms with E-state index in [9.17, 15) is 0 Å². The molecular weight excluding hydrogens is 240 g/mol. The summed E-state index contributed by atoms with van der Waals surface area (Å²) in [5.41, 5.74) is 6.58. The van der Waals surface area contributed by atoms with Gasteiger partial charge < -0.3 is 0 Å². The first-order chi connectivity index (χ1) is 8.81. The van der Waals surface area contributed by atoms with Crippen molar-refractivity contribution in [2.75, 3.05) is 0 Å². The quantitative estimate of drug-likeness (QED) is 0.710. The monoisotopic (exact) mass is 254 g/mol. The summed E-state index contributed by atoms with van der Waals surface area (Å²) in [6, 6.07) is 12.7. The van der Waals surface area contributed by atoms with Gasteiger partial charge in [-0.2, -0.15) is 0 Å². The van der Waals surface area contributed by atoms with Gasteiger partial charge in [0.15, 0.2) is 0 Å². The molecule has 0 atom stereocenters. The largest absolute Gasteiger partial charge is 0.258 e. The lowest BCUT2D eigenvalue weighted by Crippen LogP contribution is -1.95. The fourth-order valence-electron chi connectivity index (χ4n) is 2.07. The van der Waals surface area contributed by atoms with Gasteiger partial charge in [-0.25, -0.2) is 4.98 Å². The Morgan fingerprint density at radius 1 is 1.11 bits per heavy atom. The molecular formula is C15H14N2S. The van der Waals surface area contributed by atoms with Crippen molar-refractivity contribution >= 4 is 21.6 Å². The molecule has 0 saturated carbocycles. The molecule has 90 valence electrons. The summed E-state index contributed by atoms with van der Waals surface area (Å²) in [6.07, 6.45) is 2.00. The topological polar surface area (TPSA) is 25.8 Å². The first-order valence-electron chi connectivity index (χ1n) is 6.06. The van der Waals surface area contributed by atoms with Crippen LogP contribution in [0, 0.1) is 6.92 Å². The van der Waals surface area contributed by atoms with Crippen molar-refractivity contribution in [3.63, 3.8) is 0 Å². The van der Waals surface area contributed by atoms with E-state index in [0.29, 0.717) is 0 Å². The highest BCUT2D eigenvalue weighted by Crippen LogP contribution is 2.19. The van der Waals surface area contributed by atoms with E-state index in [0.717, 1.165) is 29.7 Å². The molecule has 0 aliphatic rings. The van der Waals surface area contributed by atoms with Crippen molar-refractivity contribution in [2.45, 2.75) is 19.8 Å². The number of rotatable bonds is 3. The van der Waals surface area contributed by atoms with Gasteiger partial charge in [0.1, 0.15) is 0 Å². The number of fused-ring (bicyclic) bond motifs is 1. The summed E-state index contributed by atoms with van der Waals surface area (Å²) < 4.78 is 1.26. The fourth-order valence-corrected chi connectivity index (χ4v) is 2.73. The second kappa shape index (κ2) is 4.86. The van der Waals surface area contributed by atoms with E-state index in [1.807, 2.05) is 18.5 Å².